The first-order valence-corrected chi connectivity index (χ1v) is 7.39. The Morgan fingerprint density at radius 3 is 2.71 bits per heavy atom. The van der Waals surface area contributed by atoms with Crippen molar-refractivity contribution < 1.29 is 4.42 Å². The fourth-order valence-corrected chi connectivity index (χ4v) is 2.14. The lowest BCUT2D eigenvalue weighted by molar-refractivity contribution is 0.529. The van der Waals surface area contributed by atoms with Gasteiger partial charge < -0.3 is 14.6 Å². The van der Waals surface area contributed by atoms with Gasteiger partial charge in [-0.25, -0.2) is 9.97 Å². The van der Waals surface area contributed by atoms with Gasteiger partial charge in [0.2, 0.25) is 5.95 Å². The van der Waals surface area contributed by atoms with E-state index in [9.17, 15) is 0 Å². The van der Waals surface area contributed by atoms with Crippen molar-refractivity contribution in [3.63, 3.8) is 0 Å². The van der Waals surface area contributed by atoms with Crippen molar-refractivity contribution in [3.8, 4) is 0 Å². The molecule has 2 aromatic heterocycles. The van der Waals surface area contributed by atoms with Gasteiger partial charge in [0, 0.05) is 43.2 Å². The summed E-state index contributed by atoms with van der Waals surface area (Å²) in [6, 6.07) is 1.99. The van der Waals surface area contributed by atoms with Crippen LogP contribution in [0.15, 0.2) is 22.9 Å². The average Bonchev–Trinajstić information content (AvgIpc) is 2.86. The van der Waals surface area contributed by atoms with Gasteiger partial charge >= 0.3 is 0 Å². The molecule has 0 unspecified atom stereocenters. The lowest BCUT2D eigenvalue weighted by Gasteiger charge is -2.18. The molecule has 0 bridgehead atoms. The summed E-state index contributed by atoms with van der Waals surface area (Å²) < 4.78 is 5.32. The normalized spacial score (nSPS) is 10.9. The summed E-state index contributed by atoms with van der Waals surface area (Å²) in [5.41, 5.74) is 3.34. The third-order valence-corrected chi connectivity index (χ3v) is 3.53. The molecule has 0 spiro atoms. The molecule has 21 heavy (non-hydrogen) atoms. The number of hydrogen-bond donors (Lipinski definition) is 1. The van der Waals surface area contributed by atoms with Gasteiger partial charge in [0.1, 0.15) is 5.76 Å². The predicted octanol–water partition coefficient (Wildman–Crippen LogP) is 2.82. The van der Waals surface area contributed by atoms with Gasteiger partial charge in [-0.05, 0) is 32.9 Å². The third kappa shape index (κ3) is 4.04. The van der Waals surface area contributed by atoms with E-state index in [4.69, 9.17) is 4.42 Å². The van der Waals surface area contributed by atoms with Crippen LogP contribution in [0.1, 0.15) is 35.9 Å². The Kier molecular flexibility index (Phi) is 5.33. The molecule has 0 aliphatic heterocycles. The van der Waals surface area contributed by atoms with E-state index in [1.807, 2.05) is 38.1 Å². The Balaban J connectivity index is 2.03. The lowest BCUT2D eigenvalue weighted by atomic mass is 10.2. The van der Waals surface area contributed by atoms with E-state index in [1.165, 1.54) is 0 Å². The van der Waals surface area contributed by atoms with Gasteiger partial charge in [0.25, 0.3) is 0 Å². The Hall–Kier alpha value is -1.88. The molecular weight excluding hydrogens is 264 g/mol. The van der Waals surface area contributed by atoms with E-state index >= 15 is 0 Å². The number of furan rings is 1. The molecule has 0 amide bonds. The molecule has 2 aromatic rings. The Labute approximate surface area is 126 Å². The number of anilines is 1. The first kappa shape index (κ1) is 15.5. The Morgan fingerprint density at radius 2 is 2.10 bits per heavy atom. The fraction of sp³-hybridized carbons (Fsp3) is 0.500. The molecule has 114 valence electrons. The molecule has 1 N–H and O–H groups in total. The zero-order valence-electron chi connectivity index (χ0n) is 13.3. The van der Waals surface area contributed by atoms with Crippen LogP contribution in [0, 0.1) is 13.8 Å². The van der Waals surface area contributed by atoms with E-state index in [2.05, 4.69) is 22.2 Å². The lowest BCUT2D eigenvalue weighted by Crippen LogP contribution is -2.21. The highest BCUT2D eigenvalue weighted by Crippen LogP contribution is 2.15. The maximum atomic E-state index is 5.32. The van der Waals surface area contributed by atoms with Crippen molar-refractivity contribution in [2.45, 2.75) is 40.3 Å². The minimum Gasteiger partial charge on any atom is -0.469 e. The first-order chi connectivity index (χ1) is 10.1. The van der Waals surface area contributed by atoms with Crippen molar-refractivity contribution >= 4 is 5.95 Å². The van der Waals surface area contributed by atoms with Crippen LogP contribution in [0.25, 0.3) is 0 Å². The van der Waals surface area contributed by atoms with Crippen molar-refractivity contribution in [2.75, 3.05) is 18.5 Å². The van der Waals surface area contributed by atoms with Gasteiger partial charge in [-0.15, -0.1) is 0 Å². The number of nitrogens with zero attached hydrogens (tertiary/aromatic N) is 3. The van der Waals surface area contributed by atoms with Gasteiger partial charge in [0.15, 0.2) is 0 Å². The van der Waals surface area contributed by atoms with Crippen LogP contribution < -0.4 is 10.2 Å². The molecule has 0 saturated heterocycles. The van der Waals surface area contributed by atoms with Gasteiger partial charge in [0.05, 0.1) is 6.26 Å². The average molecular weight is 288 g/mol. The van der Waals surface area contributed by atoms with Crippen LogP contribution in [-0.2, 0) is 13.1 Å². The van der Waals surface area contributed by atoms with Gasteiger partial charge in [-0.1, -0.05) is 6.92 Å². The van der Waals surface area contributed by atoms with Crippen molar-refractivity contribution in [2.24, 2.45) is 0 Å². The molecule has 0 fully saturated rings. The third-order valence-electron chi connectivity index (χ3n) is 3.53. The summed E-state index contributed by atoms with van der Waals surface area (Å²) >= 11 is 0. The van der Waals surface area contributed by atoms with Crippen LogP contribution in [0.3, 0.4) is 0 Å². The first-order valence-electron chi connectivity index (χ1n) is 7.39. The minimum absolute atomic E-state index is 0.743. The molecule has 2 rings (SSSR count). The standard InChI is InChI=1S/C16H24N4O/c1-5-7-17-9-15-10-18-16(19-12(15)2)20(4)11-14-6-8-21-13(14)3/h6,8,10,17H,5,7,9,11H2,1-4H3. The summed E-state index contributed by atoms with van der Waals surface area (Å²) in [5, 5.41) is 3.38. The monoisotopic (exact) mass is 288 g/mol. The minimum atomic E-state index is 0.743. The topological polar surface area (TPSA) is 54.2 Å². The van der Waals surface area contributed by atoms with E-state index in [0.717, 1.165) is 54.6 Å². The SMILES string of the molecule is CCCNCc1cnc(N(C)Cc2ccoc2C)nc1C. The van der Waals surface area contributed by atoms with E-state index < -0.39 is 0 Å². The van der Waals surface area contributed by atoms with Crippen LogP contribution in [0.2, 0.25) is 0 Å². The summed E-state index contributed by atoms with van der Waals surface area (Å²) in [6.45, 7) is 8.75. The number of nitrogens with one attached hydrogen (secondary N) is 1. The molecule has 2 heterocycles. The smallest absolute Gasteiger partial charge is 0.225 e. The predicted molar refractivity (Wildman–Crippen MR) is 84.3 cm³/mol. The number of aryl methyl sites for hydroxylation is 2. The van der Waals surface area contributed by atoms with E-state index in [0.29, 0.717) is 0 Å². The molecule has 0 saturated carbocycles. The highest BCUT2D eigenvalue weighted by Gasteiger charge is 2.10. The molecule has 5 nitrogen and oxygen atoms in total. The molecule has 0 aliphatic rings. The Bertz CT molecular complexity index is 579. The van der Waals surface area contributed by atoms with Gasteiger partial charge in [-0.2, -0.15) is 0 Å². The van der Waals surface area contributed by atoms with Crippen LogP contribution in [0.4, 0.5) is 5.95 Å². The number of hydrogen-bond acceptors (Lipinski definition) is 5. The summed E-state index contributed by atoms with van der Waals surface area (Å²) in [4.78, 5) is 11.1. The zero-order chi connectivity index (χ0) is 15.2. The summed E-state index contributed by atoms with van der Waals surface area (Å²) in [7, 11) is 2.00. The number of aromatic nitrogens is 2. The second kappa shape index (κ2) is 7.22. The zero-order valence-corrected chi connectivity index (χ0v) is 13.3. The van der Waals surface area contributed by atoms with Crippen molar-refractivity contribution in [3.05, 3.63) is 41.1 Å². The van der Waals surface area contributed by atoms with Crippen LogP contribution in [-0.4, -0.2) is 23.6 Å². The quantitative estimate of drug-likeness (QED) is 0.794. The summed E-state index contributed by atoms with van der Waals surface area (Å²) in [6.07, 6.45) is 4.76. The van der Waals surface area contributed by atoms with Crippen LogP contribution >= 0.6 is 0 Å². The van der Waals surface area contributed by atoms with Gasteiger partial charge in [-0.3, -0.25) is 0 Å². The van der Waals surface area contributed by atoms with Crippen molar-refractivity contribution in [1.29, 1.82) is 0 Å². The largest absolute Gasteiger partial charge is 0.469 e. The molecular formula is C16H24N4O. The van der Waals surface area contributed by atoms with Crippen molar-refractivity contribution in [1.82, 2.24) is 15.3 Å². The highest BCUT2D eigenvalue weighted by molar-refractivity contribution is 5.34. The second-order valence-electron chi connectivity index (χ2n) is 5.32. The second-order valence-corrected chi connectivity index (χ2v) is 5.32. The fourth-order valence-electron chi connectivity index (χ4n) is 2.14. The maximum Gasteiger partial charge on any atom is 0.225 e. The highest BCUT2D eigenvalue weighted by atomic mass is 16.3. The number of rotatable bonds is 7. The molecule has 0 aromatic carbocycles. The maximum absolute atomic E-state index is 5.32. The molecule has 0 atom stereocenters. The van der Waals surface area contributed by atoms with Crippen LogP contribution in [0.5, 0.6) is 0 Å². The van der Waals surface area contributed by atoms with E-state index in [-0.39, 0.29) is 0 Å². The molecule has 0 radical (unpaired) electrons. The van der Waals surface area contributed by atoms with E-state index in [1.54, 1.807) is 6.26 Å². The summed E-state index contributed by atoms with van der Waals surface area (Å²) in [5.74, 6) is 1.69. The molecule has 5 heteroatoms. The molecule has 0 aliphatic carbocycles. The Morgan fingerprint density at radius 1 is 1.29 bits per heavy atom.